The molecule has 404 valence electrons. The number of unbranched alkanes of at least 4 members (excludes halogenated alkanes) is 16. The van der Waals surface area contributed by atoms with Crippen molar-refractivity contribution in [2.45, 2.75) is 182 Å². The molecule has 0 aromatic rings. The Kier molecular flexibility index (Phi) is 59.5. The van der Waals surface area contributed by atoms with Gasteiger partial charge in [-0.2, -0.15) is 0 Å². The molecule has 0 fully saturated rings. The molecule has 4 amide bonds. The molecule has 0 spiro atoms. The van der Waals surface area contributed by atoms with Crippen molar-refractivity contribution in [1.82, 2.24) is 26.6 Å². The summed E-state index contributed by atoms with van der Waals surface area (Å²) < 4.78 is 32.1. The maximum absolute atomic E-state index is 12.1. The third kappa shape index (κ3) is 69.5. The lowest BCUT2D eigenvalue weighted by molar-refractivity contribution is -0.134. The molecule has 0 aromatic heterocycles. The van der Waals surface area contributed by atoms with Crippen LogP contribution in [0, 0.1) is 0 Å². The van der Waals surface area contributed by atoms with Crippen molar-refractivity contribution in [2.24, 2.45) is 0 Å². The molecule has 0 aromatic carbocycles. The highest BCUT2D eigenvalue weighted by Gasteiger charge is 2.11. The Hall–Kier alpha value is -3.03. The highest BCUT2D eigenvalue weighted by molar-refractivity contribution is 7.51. The molecule has 1 atom stereocenters. The van der Waals surface area contributed by atoms with E-state index < -0.39 is 13.6 Å². The van der Waals surface area contributed by atoms with Gasteiger partial charge in [-0.3, -0.25) is 33.3 Å². The van der Waals surface area contributed by atoms with Crippen LogP contribution >= 0.6 is 7.60 Å². The number of rotatable bonds is 44. The third-order valence-electron chi connectivity index (χ3n) is 9.75. The summed E-state index contributed by atoms with van der Waals surface area (Å²) >= 11 is 0. The molecule has 0 bridgehead atoms. The van der Waals surface area contributed by atoms with Crippen LogP contribution in [0.3, 0.4) is 0 Å². The molecule has 68 heavy (non-hydrogen) atoms. The Morgan fingerprint density at radius 1 is 0.485 bits per heavy atom. The lowest BCUT2D eigenvalue weighted by atomic mass is 10.0. The number of Topliss-reactive ketones (excluding diaryl/α,β-unsaturated/α-hetero) is 1. The topological polar surface area (TPSA) is 277 Å². The first kappa shape index (κ1) is 71.5. The van der Waals surface area contributed by atoms with Gasteiger partial charge in [0.2, 0.25) is 23.6 Å². The minimum Gasteiger partial charge on any atom is -0.481 e. The van der Waals surface area contributed by atoms with Crippen LogP contribution in [0.5, 0.6) is 0 Å². The molecular weight excluding hydrogens is 902 g/mol. The van der Waals surface area contributed by atoms with Gasteiger partial charge in [0, 0.05) is 52.1 Å². The predicted octanol–water partition coefficient (Wildman–Crippen LogP) is 6.21. The quantitative estimate of drug-likeness (QED) is 0.0249. The largest absolute Gasteiger partial charge is 0.481 e. The van der Waals surface area contributed by atoms with Gasteiger partial charge in [0.05, 0.1) is 45.7 Å². The summed E-state index contributed by atoms with van der Waals surface area (Å²) in [6.45, 7) is 14.2. The van der Waals surface area contributed by atoms with E-state index >= 15 is 0 Å². The van der Waals surface area contributed by atoms with Gasteiger partial charge in [-0.25, -0.2) is 0 Å². The molecule has 0 aliphatic rings. The van der Waals surface area contributed by atoms with E-state index in [0.29, 0.717) is 84.9 Å². The molecule has 0 heterocycles. The van der Waals surface area contributed by atoms with Crippen LogP contribution in [-0.4, -0.2) is 149 Å². The van der Waals surface area contributed by atoms with Gasteiger partial charge < -0.3 is 60.4 Å². The average molecular weight is 1000 g/mol. The number of hydrogen-bond acceptors (Lipinski definition) is 12. The van der Waals surface area contributed by atoms with Gasteiger partial charge in [0.1, 0.15) is 19.0 Å². The van der Waals surface area contributed by atoms with Crippen molar-refractivity contribution >= 4 is 43.0 Å². The zero-order valence-corrected chi connectivity index (χ0v) is 44.3. The number of nitrogens with one attached hydrogen (secondary N) is 5. The molecule has 0 aliphatic carbocycles. The Bertz CT molecular complexity index is 1240. The van der Waals surface area contributed by atoms with Gasteiger partial charge in [-0.1, -0.05) is 117 Å². The van der Waals surface area contributed by atoms with E-state index in [9.17, 15) is 28.5 Å². The van der Waals surface area contributed by atoms with Crippen LogP contribution in [0.25, 0.3) is 0 Å². The zero-order valence-electron chi connectivity index (χ0n) is 43.4. The summed E-state index contributed by atoms with van der Waals surface area (Å²) in [5.74, 6) is -1.09. The van der Waals surface area contributed by atoms with Crippen molar-refractivity contribution in [3.63, 3.8) is 0 Å². The molecule has 8 N–H and O–H groups in total. The van der Waals surface area contributed by atoms with E-state index in [4.69, 9.17) is 38.6 Å². The highest BCUT2D eigenvalue weighted by Crippen LogP contribution is 2.35. The molecule has 0 aliphatic heterocycles. The number of carbonyl (C=O) groups excluding carboxylic acids is 5. The smallest absolute Gasteiger partial charge is 0.325 e. The molecule has 20 heteroatoms. The molecule has 19 nitrogen and oxygen atoms in total. The van der Waals surface area contributed by atoms with Gasteiger partial charge >= 0.3 is 7.60 Å². The van der Waals surface area contributed by atoms with Gasteiger partial charge in [0.15, 0.2) is 0 Å². The minimum atomic E-state index is -3.82. The van der Waals surface area contributed by atoms with Crippen LogP contribution in [-0.2, 0) is 52.3 Å². The first-order chi connectivity index (χ1) is 32.5. The summed E-state index contributed by atoms with van der Waals surface area (Å²) in [6, 6.07) is 0.0139. The van der Waals surface area contributed by atoms with Crippen LogP contribution in [0.15, 0.2) is 0 Å². The number of carboxylic acids is 1. The van der Waals surface area contributed by atoms with Crippen LogP contribution in [0.2, 0.25) is 0 Å². The fraction of sp³-hybridized carbons (Fsp3) is 0.875. The molecule has 0 radical (unpaired) electrons. The second-order valence-electron chi connectivity index (χ2n) is 16.1. The minimum absolute atomic E-state index is 0.00790. The first-order valence-corrected chi connectivity index (χ1v) is 27.1. The van der Waals surface area contributed by atoms with Crippen molar-refractivity contribution in [3.8, 4) is 0 Å². The molecule has 0 rings (SSSR count). The summed E-state index contributed by atoms with van der Waals surface area (Å²) in [5.41, 5.74) is 0. The predicted molar refractivity (Wildman–Crippen MR) is 269 cm³/mol. The fourth-order valence-corrected chi connectivity index (χ4v) is 6.37. The summed E-state index contributed by atoms with van der Waals surface area (Å²) in [7, 11) is -2.05. The highest BCUT2D eigenvalue weighted by atomic mass is 31.2. The Morgan fingerprint density at radius 3 is 1.18 bits per heavy atom. The van der Waals surface area contributed by atoms with Crippen LogP contribution in [0.4, 0.5) is 0 Å². The Morgan fingerprint density at radius 2 is 0.809 bits per heavy atom. The Balaban J connectivity index is -0.00000138. The fourth-order valence-electron chi connectivity index (χ4n) is 5.74. The second kappa shape index (κ2) is 56.6. The molecule has 0 saturated heterocycles. The average Bonchev–Trinajstić information content (AvgIpc) is 3.29. The van der Waals surface area contributed by atoms with Crippen LogP contribution in [0.1, 0.15) is 176 Å². The van der Waals surface area contributed by atoms with Crippen molar-refractivity contribution < 1.29 is 67.2 Å². The first-order valence-electron chi connectivity index (χ1n) is 25.3. The number of carboxylic acid groups (broad SMARTS) is 1. The maximum atomic E-state index is 12.1. The number of ether oxygens (including phenoxy) is 4. The lowest BCUT2D eigenvalue weighted by Crippen LogP contribution is -2.32. The van der Waals surface area contributed by atoms with Gasteiger partial charge in [0.25, 0.3) is 5.97 Å². The zero-order chi connectivity index (χ0) is 51.9. The molecular formula is C48H98N5O14P. The number of amides is 4. The standard InChI is InChI=1S/C39H77N4O11P.C5H11NO.C2H4O2.C2H6/c1-2-3-23-41-38(46)34-53-31-30-52-28-26-43-39(47)35-54-32-29-51-27-25-42-37(45)22-20-24-40-36(44)21-18-16-14-12-10-8-6-4-5-7-9-11-13-15-17-19-33-55(48,49)50;1-4(6-3)5(2)7;1-2(3)4;1-2/h2-35H2,1H3,(H,40,44)(H,41,46)(H,42,45)(H,43,47)(H2,48,49,50);4,6H,1-3H3;1H3,(H,3,4);1-2H3. The second-order valence-corrected chi connectivity index (χ2v) is 17.9. The Labute approximate surface area is 410 Å². The monoisotopic (exact) mass is 1000 g/mol. The van der Waals surface area contributed by atoms with E-state index in [-0.39, 0.29) is 61.4 Å². The number of likely N-dealkylation sites (N-methyl/N-ethyl adjacent to an activating group) is 1. The number of ketones is 1. The summed E-state index contributed by atoms with van der Waals surface area (Å²) in [5, 5.41) is 21.4. The SMILES string of the molecule is CC.CC(=O)O.CCCCNC(=O)COCCOCCNC(=O)COCCOCCNC(=O)CCCNC(=O)CCCCCCCCCCCCCCCCCCP(=O)(O)O.CNC(C)C(C)=O. The van der Waals surface area contributed by atoms with E-state index in [1.165, 1.54) is 57.8 Å². The molecule has 0 saturated carbocycles. The van der Waals surface area contributed by atoms with Gasteiger partial charge in [-0.05, 0) is 46.6 Å². The van der Waals surface area contributed by atoms with E-state index in [1.807, 2.05) is 20.8 Å². The third-order valence-corrected chi connectivity index (χ3v) is 10.6. The van der Waals surface area contributed by atoms with Crippen molar-refractivity contribution in [3.05, 3.63) is 0 Å². The number of carbonyl (C=O) groups is 6. The number of aliphatic carboxylic acids is 1. The van der Waals surface area contributed by atoms with E-state index in [1.54, 1.807) is 14.0 Å². The van der Waals surface area contributed by atoms with Gasteiger partial charge in [-0.15, -0.1) is 0 Å². The maximum Gasteiger partial charge on any atom is 0.325 e. The van der Waals surface area contributed by atoms with E-state index in [0.717, 1.165) is 58.3 Å². The van der Waals surface area contributed by atoms with Crippen molar-refractivity contribution in [1.29, 1.82) is 0 Å². The lowest BCUT2D eigenvalue weighted by Gasteiger charge is -2.09. The van der Waals surface area contributed by atoms with Crippen molar-refractivity contribution in [2.75, 3.05) is 92.2 Å². The normalized spacial score (nSPS) is 11.1. The van der Waals surface area contributed by atoms with E-state index in [2.05, 4.69) is 33.5 Å². The summed E-state index contributed by atoms with van der Waals surface area (Å²) in [4.78, 5) is 84.4. The number of hydrogen-bond donors (Lipinski definition) is 8. The van der Waals surface area contributed by atoms with Crippen LogP contribution < -0.4 is 26.6 Å². The summed E-state index contributed by atoms with van der Waals surface area (Å²) in [6.07, 6.45) is 21.7. The molecule has 1 unspecified atom stereocenters.